The molecule has 140 valence electrons. The zero-order chi connectivity index (χ0) is 18.4. The number of hydrogen-bond donors (Lipinski definition) is 1. The van der Waals surface area contributed by atoms with Gasteiger partial charge in [0.05, 0.1) is 5.39 Å². The summed E-state index contributed by atoms with van der Waals surface area (Å²) in [6.45, 7) is 9.18. The highest BCUT2D eigenvalue weighted by Crippen LogP contribution is 2.49. The number of fused-ring (bicyclic) bond motifs is 3. The summed E-state index contributed by atoms with van der Waals surface area (Å²) >= 11 is 0. The summed E-state index contributed by atoms with van der Waals surface area (Å²) in [5, 5.41) is 1.10. The second-order valence-corrected chi connectivity index (χ2v) is 8.53. The molecule has 0 amide bonds. The standard InChI is InChI=1S/C22H27N5/c1-16(2)8-11-26-12-9-22(13-26)14-27(19-6-4-3-5-18(19)22)21-17-7-10-23-20(17)24-15-25-21/h3-7,10,15-16H,8-9,11-14H2,1-2H3,(H,23,24,25)/t22-/m1/s1. The number of H-pyrrole nitrogens is 1. The van der Waals surface area contributed by atoms with Gasteiger partial charge in [0.25, 0.3) is 0 Å². The van der Waals surface area contributed by atoms with Crippen molar-refractivity contribution in [3.05, 3.63) is 48.4 Å². The molecule has 0 unspecified atom stereocenters. The number of hydrogen-bond acceptors (Lipinski definition) is 4. The van der Waals surface area contributed by atoms with Gasteiger partial charge in [0.15, 0.2) is 0 Å². The Labute approximate surface area is 160 Å². The number of rotatable bonds is 4. The Morgan fingerprint density at radius 2 is 2.04 bits per heavy atom. The third-order valence-corrected chi connectivity index (χ3v) is 6.27. The number of para-hydroxylation sites is 1. The van der Waals surface area contributed by atoms with Gasteiger partial charge in [-0.25, -0.2) is 9.97 Å². The maximum atomic E-state index is 4.67. The highest BCUT2D eigenvalue weighted by molar-refractivity contribution is 5.91. The van der Waals surface area contributed by atoms with E-state index in [0.29, 0.717) is 0 Å². The molecule has 1 fully saturated rings. The topological polar surface area (TPSA) is 48.1 Å². The van der Waals surface area contributed by atoms with Crippen LogP contribution in [-0.4, -0.2) is 46.0 Å². The average Bonchev–Trinajstić information content (AvgIpc) is 3.39. The van der Waals surface area contributed by atoms with Gasteiger partial charge in [0.1, 0.15) is 17.8 Å². The van der Waals surface area contributed by atoms with Crippen LogP contribution in [0.15, 0.2) is 42.9 Å². The van der Waals surface area contributed by atoms with Crippen LogP contribution < -0.4 is 4.90 Å². The molecule has 27 heavy (non-hydrogen) atoms. The third-order valence-electron chi connectivity index (χ3n) is 6.27. The van der Waals surface area contributed by atoms with E-state index in [1.807, 2.05) is 6.20 Å². The molecule has 1 atom stereocenters. The Hall–Kier alpha value is -2.40. The molecule has 2 aliphatic heterocycles. The molecule has 5 rings (SSSR count). The van der Waals surface area contributed by atoms with Gasteiger partial charge in [-0.2, -0.15) is 0 Å². The summed E-state index contributed by atoms with van der Waals surface area (Å²) in [6, 6.07) is 11.0. The molecule has 4 heterocycles. The highest BCUT2D eigenvalue weighted by Gasteiger charge is 2.47. The van der Waals surface area contributed by atoms with Gasteiger partial charge < -0.3 is 14.8 Å². The van der Waals surface area contributed by atoms with Crippen molar-refractivity contribution in [1.29, 1.82) is 0 Å². The SMILES string of the molecule is CC(C)CCN1CC[C@@]2(C1)CN(c1ncnc3[nH]ccc13)c1ccccc12. The summed E-state index contributed by atoms with van der Waals surface area (Å²) in [6.07, 6.45) is 6.12. The monoisotopic (exact) mass is 361 g/mol. The summed E-state index contributed by atoms with van der Waals surface area (Å²) in [4.78, 5) is 17.3. The van der Waals surface area contributed by atoms with Crippen LogP contribution in [0.1, 0.15) is 32.3 Å². The highest BCUT2D eigenvalue weighted by atomic mass is 15.3. The number of nitrogens with one attached hydrogen (secondary N) is 1. The number of nitrogens with zero attached hydrogens (tertiary/aromatic N) is 4. The lowest BCUT2D eigenvalue weighted by molar-refractivity contribution is 0.295. The molecule has 3 aromatic rings. The summed E-state index contributed by atoms with van der Waals surface area (Å²) in [7, 11) is 0. The van der Waals surface area contributed by atoms with Crippen LogP contribution in [0, 0.1) is 5.92 Å². The quantitative estimate of drug-likeness (QED) is 0.760. The summed E-state index contributed by atoms with van der Waals surface area (Å²) in [5.74, 6) is 1.78. The van der Waals surface area contributed by atoms with Crippen LogP contribution in [-0.2, 0) is 5.41 Å². The second kappa shape index (κ2) is 6.34. The predicted octanol–water partition coefficient (Wildman–Crippen LogP) is 4.10. The molecule has 1 spiro atoms. The maximum Gasteiger partial charge on any atom is 0.145 e. The Morgan fingerprint density at radius 3 is 2.93 bits per heavy atom. The lowest BCUT2D eigenvalue weighted by Gasteiger charge is -2.26. The largest absolute Gasteiger partial charge is 0.346 e. The van der Waals surface area contributed by atoms with Crippen LogP contribution in [0.25, 0.3) is 11.0 Å². The van der Waals surface area contributed by atoms with Crippen molar-refractivity contribution < 1.29 is 0 Å². The van der Waals surface area contributed by atoms with Gasteiger partial charge in [0, 0.05) is 30.4 Å². The van der Waals surface area contributed by atoms with Crippen molar-refractivity contribution in [2.24, 2.45) is 5.92 Å². The lowest BCUT2D eigenvalue weighted by atomic mass is 9.81. The van der Waals surface area contributed by atoms with Crippen LogP contribution in [0.5, 0.6) is 0 Å². The van der Waals surface area contributed by atoms with Crippen molar-refractivity contribution >= 4 is 22.5 Å². The number of aromatic nitrogens is 3. The second-order valence-electron chi connectivity index (χ2n) is 8.53. The molecular weight excluding hydrogens is 334 g/mol. The smallest absolute Gasteiger partial charge is 0.145 e. The van der Waals surface area contributed by atoms with Gasteiger partial charge in [-0.05, 0) is 49.5 Å². The molecular formula is C22H27N5. The van der Waals surface area contributed by atoms with Gasteiger partial charge in [-0.1, -0.05) is 32.0 Å². The minimum Gasteiger partial charge on any atom is -0.346 e. The maximum absolute atomic E-state index is 4.67. The third kappa shape index (κ3) is 2.72. The molecule has 1 saturated heterocycles. The number of anilines is 2. The van der Waals surface area contributed by atoms with Crippen molar-refractivity contribution in [2.45, 2.75) is 32.1 Å². The van der Waals surface area contributed by atoms with E-state index in [9.17, 15) is 0 Å². The fourth-order valence-electron chi connectivity index (χ4n) is 4.83. The molecule has 1 N–H and O–H groups in total. The number of aromatic amines is 1. The molecule has 5 nitrogen and oxygen atoms in total. The van der Waals surface area contributed by atoms with E-state index in [4.69, 9.17) is 0 Å². The van der Waals surface area contributed by atoms with Crippen molar-refractivity contribution in [3.63, 3.8) is 0 Å². The molecule has 1 aromatic carbocycles. The Balaban J connectivity index is 1.51. The Kier molecular flexibility index (Phi) is 3.93. The molecule has 0 bridgehead atoms. The van der Waals surface area contributed by atoms with Crippen LogP contribution >= 0.6 is 0 Å². The van der Waals surface area contributed by atoms with E-state index in [0.717, 1.165) is 35.9 Å². The zero-order valence-electron chi connectivity index (χ0n) is 16.2. The fourth-order valence-corrected chi connectivity index (χ4v) is 4.83. The number of benzene rings is 1. The molecule has 0 aliphatic carbocycles. The molecule has 2 aliphatic rings. The van der Waals surface area contributed by atoms with E-state index < -0.39 is 0 Å². The fraction of sp³-hybridized carbons (Fsp3) is 0.455. The van der Waals surface area contributed by atoms with Gasteiger partial charge in [0.2, 0.25) is 0 Å². The molecule has 0 saturated carbocycles. The lowest BCUT2D eigenvalue weighted by Crippen LogP contribution is -2.35. The predicted molar refractivity (Wildman–Crippen MR) is 110 cm³/mol. The number of likely N-dealkylation sites (tertiary alicyclic amines) is 1. The average molecular weight is 361 g/mol. The van der Waals surface area contributed by atoms with Crippen LogP contribution in [0.3, 0.4) is 0 Å². The van der Waals surface area contributed by atoms with Gasteiger partial charge >= 0.3 is 0 Å². The van der Waals surface area contributed by atoms with E-state index in [-0.39, 0.29) is 5.41 Å². The van der Waals surface area contributed by atoms with E-state index >= 15 is 0 Å². The first-order valence-corrected chi connectivity index (χ1v) is 10.0. The van der Waals surface area contributed by atoms with Crippen molar-refractivity contribution in [1.82, 2.24) is 19.9 Å². The first-order chi connectivity index (χ1) is 13.2. The molecule has 0 radical (unpaired) electrons. The summed E-state index contributed by atoms with van der Waals surface area (Å²) in [5.41, 5.74) is 3.91. The summed E-state index contributed by atoms with van der Waals surface area (Å²) < 4.78 is 0. The Bertz CT molecular complexity index is 962. The van der Waals surface area contributed by atoms with Crippen molar-refractivity contribution in [3.8, 4) is 0 Å². The normalized spacial score (nSPS) is 22.4. The van der Waals surface area contributed by atoms with Crippen LogP contribution in [0.4, 0.5) is 11.5 Å². The zero-order valence-corrected chi connectivity index (χ0v) is 16.2. The van der Waals surface area contributed by atoms with E-state index in [1.54, 1.807) is 6.33 Å². The first kappa shape index (κ1) is 16.8. The van der Waals surface area contributed by atoms with Crippen molar-refractivity contribution in [2.75, 3.05) is 31.1 Å². The Morgan fingerprint density at radius 1 is 1.15 bits per heavy atom. The minimum atomic E-state index is 0.209. The minimum absolute atomic E-state index is 0.209. The van der Waals surface area contributed by atoms with Gasteiger partial charge in [-0.15, -0.1) is 0 Å². The van der Waals surface area contributed by atoms with Gasteiger partial charge in [-0.3, -0.25) is 0 Å². The van der Waals surface area contributed by atoms with E-state index in [1.165, 1.54) is 37.2 Å². The molecule has 5 heteroatoms. The van der Waals surface area contributed by atoms with Crippen LogP contribution in [0.2, 0.25) is 0 Å². The first-order valence-electron chi connectivity index (χ1n) is 10.0. The van der Waals surface area contributed by atoms with E-state index in [2.05, 4.69) is 68.9 Å². The molecule has 2 aromatic heterocycles.